The number of aromatic hydroxyl groups is 1. The number of aliphatic hydroxyl groups is 1. The number of nitrogens with one attached hydrogen (secondary N) is 1. The van der Waals surface area contributed by atoms with E-state index in [1.165, 1.54) is 32.2 Å². The predicted octanol–water partition coefficient (Wildman–Crippen LogP) is 1.22. The van der Waals surface area contributed by atoms with Crippen LogP contribution in [0.2, 0.25) is 0 Å². The third kappa shape index (κ3) is 5.83. The van der Waals surface area contributed by atoms with E-state index in [0.29, 0.717) is 29.0 Å². The summed E-state index contributed by atoms with van der Waals surface area (Å²) < 4.78 is 10.9. The van der Waals surface area contributed by atoms with Crippen molar-refractivity contribution in [1.82, 2.24) is 10.2 Å². The van der Waals surface area contributed by atoms with E-state index >= 15 is 0 Å². The van der Waals surface area contributed by atoms with E-state index < -0.39 is 70.4 Å². The van der Waals surface area contributed by atoms with Gasteiger partial charge in [0.1, 0.15) is 17.5 Å². The van der Waals surface area contributed by atoms with Gasteiger partial charge in [-0.2, -0.15) is 0 Å². The van der Waals surface area contributed by atoms with Gasteiger partial charge in [-0.1, -0.05) is 26.0 Å². The van der Waals surface area contributed by atoms with Crippen LogP contribution in [0.1, 0.15) is 48.7 Å². The number of likely N-dealkylation sites (N-methyl/N-ethyl adjacent to an activating group) is 1. The summed E-state index contributed by atoms with van der Waals surface area (Å²) in [4.78, 5) is 81.5. The second kappa shape index (κ2) is 13.4. The third-order valence-electron chi connectivity index (χ3n) is 10.2. The topological polar surface area (TPSA) is 203 Å². The highest BCUT2D eigenvalue weighted by molar-refractivity contribution is 6.32. The van der Waals surface area contributed by atoms with E-state index in [2.05, 4.69) is 5.32 Å². The maximum Gasteiger partial charge on any atom is 0.323 e. The Morgan fingerprint density at radius 3 is 2.37 bits per heavy atom. The van der Waals surface area contributed by atoms with E-state index in [1.807, 2.05) is 26.0 Å². The Morgan fingerprint density at radius 2 is 1.78 bits per heavy atom. The molecule has 3 aliphatic carbocycles. The van der Waals surface area contributed by atoms with Gasteiger partial charge in [0, 0.05) is 18.0 Å². The molecule has 13 nitrogen and oxygen atoms in total. The monoisotopic (exact) mass is 677 g/mol. The molecule has 3 unspecified atom stereocenters. The van der Waals surface area contributed by atoms with Gasteiger partial charge in [-0.3, -0.25) is 33.7 Å². The number of amides is 1. The maximum atomic E-state index is 14.2. The molecule has 0 aromatic heterocycles. The van der Waals surface area contributed by atoms with Crippen LogP contribution in [0.4, 0.5) is 0 Å². The Morgan fingerprint density at radius 1 is 1.08 bits per heavy atom. The fourth-order valence-corrected chi connectivity index (χ4v) is 7.98. The summed E-state index contributed by atoms with van der Waals surface area (Å²) in [5.74, 6) is -11.1. The number of primary amides is 1. The first-order valence-corrected chi connectivity index (χ1v) is 16.4. The number of Topliss-reactive ketones (excluding diaryl/α,β-unsaturated/α-hetero) is 4. The lowest BCUT2D eigenvalue weighted by atomic mass is 9.52. The molecule has 3 aliphatic rings. The van der Waals surface area contributed by atoms with Gasteiger partial charge in [0.25, 0.3) is 0 Å². The van der Waals surface area contributed by atoms with Gasteiger partial charge in [-0.25, -0.2) is 0 Å². The lowest BCUT2D eigenvalue weighted by Crippen LogP contribution is -2.74. The number of phenolic OH excluding ortho intramolecular Hbond substituents is 1. The largest absolute Gasteiger partial charge is 0.507 e. The van der Waals surface area contributed by atoms with Gasteiger partial charge < -0.3 is 30.7 Å². The average Bonchev–Trinajstić information content (AvgIpc) is 3.02. The quantitative estimate of drug-likeness (QED) is 0.207. The maximum absolute atomic E-state index is 14.2. The molecule has 2 aromatic rings. The summed E-state index contributed by atoms with van der Waals surface area (Å²) in [5.41, 5.74) is 4.89. The van der Waals surface area contributed by atoms with Crippen LogP contribution < -0.4 is 15.8 Å². The molecule has 5 rings (SSSR count). The summed E-state index contributed by atoms with van der Waals surface area (Å²) in [7, 11) is 4.57. The Balaban J connectivity index is 1.57. The minimum Gasteiger partial charge on any atom is -0.507 e. The number of hydrogen-bond acceptors (Lipinski definition) is 12. The number of nitrogens with zero attached hydrogens (tertiary/aromatic N) is 1. The zero-order valence-electron chi connectivity index (χ0n) is 28.4. The standard InChI is InChI=1S/C36H43N3O10/c1-7-49-35(46)28(16(2)3)38-15-17-8-11-24(48-6)20(12-17)19-9-10-23(40)26-21(19)13-18-14-22-29(39(4)5)31(42)27(34(37)45)33(44)36(22,47)32(43)25(18)30(26)41/h8-12,16,18,22,25,27-29,38,40,47H,7,13-15H2,1-6H3,(H2,37,45)/t18-,22-,25?,27?,28?,29-,36-/m1/s1. The molecular formula is C36H43N3O10. The first kappa shape index (κ1) is 35.8. The van der Waals surface area contributed by atoms with Crippen molar-refractivity contribution >= 4 is 35.0 Å². The van der Waals surface area contributed by atoms with E-state index in [4.69, 9.17) is 15.2 Å². The molecule has 7 atom stereocenters. The van der Waals surface area contributed by atoms with Crippen LogP contribution in [-0.4, -0.2) is 95.6 Å². The molecule has 2 aromatic carbocycles. The molecule has 0 spiro atoms. The number of rotatable bonds is 10. The highest BCUT2D eigenvalue weighted by atomic mass is 16.5. The van der Waals surface area contributed by atoms with Gasteiger partial charge in [0.15, 0.2) is 34.7 Å². The van der Waals surface area contributed by atoms with Gasteiger partial charge in [-0.05, 0) is 80.6 Å². The number of carbonyl (C=O) groups excluding carboxylic acids is 6. The van der Waals surface area contributed by atoms with Crippen molar-refractivity contribution in [2.75, 3.05) is 27.8 Å². The summed E-state index contributed by atoms with van der Waals surface area (Å²) in [6.07, 6.45) is 0.0318. The molecule has 2 fully saturated rings. The molecule has 262 valence electrons. The highest BCUT2D eigenvalue weighted by Crippen LogP contribution is 2.52. The summed E-state index contributed by atoms with van der Waals surface area (Å²) in [5, 5.41) is 26.1. The van der Waals surface area contributed by atoms with Crippen molar-refractivity contribution < 1.29 is 48.5 Å². The number of benzene rings is 2. The van der Waals surface area contributed by atoms with E-state index in [-0.39, 0.29) is 42.6 Å². The van der Waals surface area contributed by atoms with E-state index in [1.54, 1.807) is 19.1 Å². The fraction of sp³-hybridized carbons (Fsp3) is 0.500. The highest BCUT2D eigenvalue weighted by Gasteiger charge is 2.69. The molecule has 0 heterocycles. The fourth-order valence-electron chi connectivity index (χ4n) is 7.98. The van der Waals surface area contributed by atoms with Crippen LogP contribution in [0.15, 0.2) is 30.3 Å². The first-order valence-electron chi connectivity index (χ1n) is 16.4. The zero-order valence-corrected chi connectivity index (χ0v) is 28.4. The molecule has 0 aliphatic heterocycles. The second-order valence-corrected chi connectivity index (χ2v) is 13.7. The van der Waals surface area contributed by atoms with Crippen molar-refractivity contribution in [3.8, 4) is 22.6 Å². The molecular weight excluding hydrogens is 634 g/mol. The molecule has 5 N–H and O–H groups in total. The van der Waals surface area contributed by atoms with E-state index in [0.717, 1.165) is 5.56 Å². The van der Waals surface area contributed by atoms with Crippen LogP contribution in [0.5, 0.6) is 11.5 Å². The SMILES string of the molecule is CCOC(=O)C(NCc1ccc(OC)c(-c2ccc(O)c3c2C[C@@H]2C[C@@H]4[C@@H](N(C)C)C(=O)C(C(N)=O)C(=O)[C@]4(O)C(=O)C2C3=O)c1)C(C)C. The smallest absolute Gasteiger partial charge is 0.323 e. The third-order valence-corrected chi connectivity index (χ3v) is 10.2. The number of carbonyl (C=O) groups is 6. The Bertz CT molecular complexity index is 1740. The number of nitrogens with two attached hydrogens (primary N) is 1. The molecule has 0 saturated heterocycles. The lowest BCUT2D eigenvalue weighted by Gasteiger charge is -2.52. The molecule has 13 heteroatoms. The minimum atomic E-state index is -2.80. The van der Waals surface area contributed by atoms with Crippen LogP contribution in [0, 0.1) is 29.6 Å². The molecule has 2 saturated carbocycles. The van der Waals surface area contributed by atoms with Crippen molar-refractivity contribution in [3.05, 3.63) is 47.0 Å². The normalized spacial score (nSPS) is 27.0. The number of ketones is 4. The van der Waals surface area contributed by atoms with Crippen LogP contribution in [0.3, 0.4) is 0 Å². The number of ether oxygens (including phenoxy) is 2. The van der Waals surface area contributed by atoms with Crippen LogP contribution >= 0.6 is 0 Å². The number of hydrogen-bond donors (Lipinski definition) is 4. The minimum absolute atomic E-state index is 0.0424. The van der Waals surface area contributed by atoms with Crippen LogP contribution in [-0.2, 0) is 41.7 Å². The van der Waals surface area contributed by atoms with Gasteiger partial charge in [-0.15, -0.1) is 0 Å². The summed E-state index contributed by atoms with van der Waals surface area (Å²) in [6.45, 7) is 6.12. The first-order chi connectivity index (χ1) is 23.1. The Kier molecular flexibility index (Phi) is 9.84. The second-order valence-electron chi connectivity index (χ2n) is 13.7. The zero-order chi connectivity index (χ0) is 36.1. The number of phenols is 1. The molecule has 49 heavy (non-hydrogen) atoms. The summed E-state index contributed by atoms with van der Waals surface area (Å²) in [6, 6.07) is 6.70. The Labute approximate surface area is 284 Å². The van der Waals surface area contributed by atoms with Crippen molar-refractivity contribution in [3.63, 3.8) is 0 Å². The average molecular weight is 678 g/mol. The van der Waals surface area contributed by atoms with Crippen molar-refractivity contribution in [2.24, 2.45) is 35.3 Å². The lowest BCUT2D eigenvalue weighted by molar-refractivity contribution is -0.181. The number of fused-ring (bicyclic) bond motifs is 3. The van der Waals surface area contributed by atoms with Crippen molar-refractivity contribution in [2.45, 2.75) is 57.8 Å². The molecule has 0 bridgehead atoms. The van der Waals surface area contributed by atoms with Crippen molar-refractivity contribution in [1.29, 1.82) is 0 Å². The predicted molar refractivity (Wildman–Crippen MR) is 175 cm³/mol. The van der Waals surface area contributed by atoms with Gasteiger partial charge in [0.05, 0.1) is 31.2 Å². The molecule has 0 radical (unpaired) electrons. The van der Waals surface area contributed by atoms with E-state index in [9.17, 15) is 39.0 Å². The summed E-state index contributed by atoms with van der Waals surface area (Å²) >= 11 is 0. The number of methoxy groups -OCH3 is 1. The Hall–Kier alpha value is -4.46. The molecule has 1 amide bonds. The van der Waals surface area contributed by atoms with Gasteiger partial charge in [0.2, 0.25) is 5.91 Å². The number of esters is 1. The van der Waals surface area contributed by atoms with Gasteiger partial charge >= 0.3 is 5.97 Å². The van der Waals surface area contributed by atoms with Crippen LogP contribution in [0.25, 0.3) is 11.1 Å².